The summed E-state index contributed by atoms with van der Waals surface area (Å²) in [6.07, 6.45) is 8.70. The molecule has 1 aliphatic heterocycles. The number of fused-ring (bicyclic) bond motifs is 1. The molecule has 0 radical (unpaired) electrons. The minimum Gasteiger partial charge on any atom is -0.354 e. The molecule has 0 aliphatic carbocycles. The lowest BCUT2D eigenvalue weighted by Crippen LogP contribution is -2.58. The van der Waals surface area contributed by atoms with E-state index in [-0.39, 0.29) is 11.1 Å². The number of aromatic nitrogens is 5. The Kier molecular flexibility index (Phi) is 5.83. The Bertz CT molecular complexity index is 1320. The Hall–Kier alpha value is -3.66. The lowest BCUT2D eigenvalue weighted by Gasteiger charge is -2.43. The highest BCUT2D eigenvalue weighted by Gasteiger charge is 2.26. The zero-order chi connectivity index (χ0) is 23.7. The summed E-state index contributed by atoms with van der Waals surface area (Å²) >= 11 is 0. The van der Waals surface area contributed by atoms with Gasteiger partial charge in [0.15, 0.2) is 0 Å². The van der Waals surface area contributed by atoms with Gasteiger partial charge in [-0.25, -0.2) is 9.97 Å². The van der Waals surface area contributed by atoms with Gasteiger partial charge in [0.2, 0.25) is 0 Å². The third kappa shape index (κ3) is 4.67. The Morgan fingerprint density at radius 1 is 0.971 bits per heavy atom. The van der Waals surface area contributed by atoms with E-state index in [0.717, 1.165) is 54.0 Å². The van der Waals surface area contributed by atoms with E-state index in [2.05, 4.69) is 63.8 Å². The zero-order valence-electron chi connectivity index (χ0n) is 19.6. The summed E-state index contributed by atoms with van der Waals surface area (Å²) in [6, 6.07) is 7.41. The number of nitrogens with zero attached hydrogens (tertiary/aromatic N) is 6. The number of pyridine rings is 3. The number of amides is 1. The summed E-state index contributed by atoms with van der Waals surface area (Å²) in [7, 11) is 6.71. The third-order valence-corrected chi connectivity index (χ3v) is 6.20. The third-order valence-electron chi connectivity index (χ3n) is 6.20. The molecular weight excluding hydrogens is 425 g/mol. The van der Waals surface area contributed by atoms with Gasteiger partial charge in [-0.2, -0.15) is 5.10 Å². The molecule has 1 saturated heterocycles. The fourth-order valence-electron chi connectivity index (χ4n) is 4.19. The maximum Gasteiger partial charge on any atom is 0.257 e. The predicted octanol–water partition coefficient (Wildman–Crippen LogP) is -0.700. The van der Waals surface area contributed by atoms with Gasteiger partial charge in [0.1, 0.15) is 35.2 Å². The van der Waals surface area contributed by atoms with E-state index >= 15 is 0 Å². The molecule has 0 bridgehead atoms. The summed E-state index contributed by atoms with van der Waals surface area (Å²) < 4.78 is 0. The van der Waals surface area contributed by atoms with Gasteiger partial charge in [0, 0.05) is 66.8 Å². The minimum absolute atomic E-state index is 0.156. The molecule has 0 aromatic carbocycles. The van der Waals surface area contributed by atoms with Crippen LogP contribution in [0.25, 0.3) is 22.0 Å². The standard InChI is InChI=1S/C22H25B3N8O/c23-22(24,25)33-5-3-32(4-6-33)20-9-14(1-2-26-20)21(34)31-19-8-15-7-16(17-11-29-30-12-17)10-27-18(15)13-28-19/h1-2,7-13H,3-6,23-25H2,(H,29,30)(H,28,31,34). The SMILES string of the molecule is BC(B)(B)N1CCN(c2cc(C(=O)Nc3cc4cc(-c5cn[nH]c5)cnc4cn3)ccn2)CC1. The van der Waals surface area contributed by atoms with Crippen molar-refractivity contribution < 1.29 is 4.79 Å². The fourth-order valence-corrected chi connectivity index (χ4v) is 4.19. The van der Waals surface area contributed by atoms with Gasteiger partial charge in [-0.05, 0) is 24.3 Å². The summed E-state index contributed by atoms with van der Waals surface area (Å²) in [6.45, 7) is 3.70. The number of hydrogen-bond donors (Lipinski definition) is 2. The van der Waals surface area contributed by atoms with Crippen LogP contribution in [-0.2, 0) is 0 Å². The fraction of sp³-hybridized carbons (Fsp3) is 0.227. The molecule has 0 atom stereocenters. The molecule has 34 heavy (non-hydrogen) atoms. The normalized spacial score (nSPS) is 14.9. The second kappa shape index (κ2) is 8.94. The lowest BCUT2D eigenvalue weighted by atomic mass is 9.48. The van der Waals surface area contributed by atoms with Crippen LogP contribution in [0, 0.1) is 0 Å². The van der Waals surface area contributed by atoms with Crippen LogP contribution in [-0.4, -0.2) is 90.9 Å². The first-order valence-electron chi connectivity index (χ1n) is 11.4. The predicted molar refractivity (Wildman–Crippen MR) is 141 cm³/mol. The molecule has 5 rings (SSSR count). The zero-order valence-corrected chi connectivity index (χ0v) is 19.6. The highest BCUT2D eigenvalue weighted by molar-refractivity contribution is 6.59. The molecule has 4 aromatic rings. The second-order valence-electron chi connectivity index (χ2n) is 9.47. The smallest absolute Gasteiger partial charge is 0.257 e. The van der Waals surface area contributed by atoms with Crippen molar-refractivity contribution in [2.75, 3.05) is 36.4 Å². The van der Waals surface area contributed by atoms with Crippen molar-refractivity contribution in [3.8, 4) is 11.1 Å². The van der Waals surface area contributed by atoms with Crippen molar-refractivity contribution >= 4 is 52.0 Å². The molecule has 1 amide bonds. The van der Waals surface area contributed by atoms with Gasteiger partial charge < -0.3 is 15.1 Å². The lowest BCUT2D eigenvalue weighted by molar-refractivity contribution is 0.102. The summed E-state index contributed by atoms with van der Waals surface area (Å²) in [5.41, 5.74) is 3.20. The maximum atomic E-state index is 13.0. The van der Waals surface area contributed by atoms with Gasteiger partial charge in [-0.15, -0.1) is 0 Å². The number of nitrogens with one attached hydrogen (secondary N) is 2. The first kappa shape index (κ1) is 22.2. The van der Waals surface area contributed by atoms with E-state index < -0.39 is 0 Å². The summed E-state index contributed by atoms with van der Waals surface area (Å²) in [5, 5.41) is 10.8. The van der Waals surface area contributed by atoms with E-state index in [1.165, 1.54) is 0 Å². The Labute approximate surface area is 200 Å². The molecule has 9 nitrogen and oxygen atoms in total. The van der Waals surface area contributed by atoms with Crippen LogP contribution in [0.3, 0.4) is 0 Å². The monoisotopic (exact) mass is 450 g/mol. The highest BCUT2D eigenvalue weighted by atomic mass is 16.1. The topological polar surface area (TPSA) is 103 Å². The van der Waals surface area contributed by atoms with Crippen molar-refractivity contribution in [2.45, 2.75) is 5.24 Å². The van der Waals surface area contributed by atoms with Crippen molar-refractivity contribution in [1.29, 1.82) is 0 Å². The van der Waals surface area contributed by atoms with Gasteiger partial charge >= 0.3 is 0 Å². The molecule has 5 heterocycles. The molecule has 1 aliphatic rings. The van der Waals surface area contributed by atoms with Crippen LogP contribution in [0.15, 0.2) is 55.2 Å². The maximum absolute atomic E-state index is 13.0. The number of hydrogen-bond acceptors (Lipinski definition) is 7. The average Bonchev–Trinajstić information content (AvgIpc) is 3.38. The van der Waals surface area contributed by atoms with Crippen molar-refractivity contribution in [3.05, 3.63) is 60.8 Å². The van der Waals surface area contributed by atoms with Gasteiger partial charge in [0.05, 0.1) is 17.9 Å². The molecule has 4 aromatic heterocycles. The van der Waals surface area contributed by atoms with E-state index in [9.17, 15) is 4.79 Å². The van der Waals surface area contributed by atoms with Crippen LogP contribution in [0.5, 0.6) is 0 Å². The van der Waals surface area contributed by atoms with E-state index in [1.807, 2.05) is 24.4 Å². The number of aromatic amines is 1. The minimum atomic E-state index is -0.220. The molecule has 0 spiro atoms. The number of piperazine rings is 1. The molecule has 0 saturated carbocycles. The molecule has 2 N–H and O–H groups in total. The van der Waals surface area contributed by atoms with Crippen molar-refractivity contribution in [1.82, 2.24) is 30.0 Å². The quantitative estimate of drug-likeness (QED) is 0.388. The molecule has 0 unspecified atom stereocenters. The second-order valence-corrected chi connectivity index (χ2v) is 9.47. The van der Waals surface area contributed by atoms with Crippen LogP contribution < -0.4 is 10.2 Å². The van der Waals surface area contributed by atoms with Gasteiger partial charge in [-0.1, -0.05) is 5.24 Å². The Morgan fingerprint density at radius 3 is 2.53 bits per heavy atom. The van der Waals surface area contributed by atoms with Crippen molar-refractivity contribution in [2.24, 2.45) is 0 Å². The van der Waals surface area contributed by atoms with Gasteiger partial charge in [-0.3, -0.25) is 14.9 Å². The van der Waals surface area contributed by atoms with Crippen LogP contribution in [0.4, 0.5) is 11.6 Å². The number of carbonyl (C=O) groups excluding carboxylic acids is 1. The van der Waals surface area contributed by atoms with Gasteiger partial charge in [0.25, 0.3) is 5.91 Å². The van der Waals surface area contributed by atoms with E-state index in [0.29, 0.717) is 11.4 Å². The number of anilines is 2. The van der Waals surface area contributed by atoms with Crippen LogP contribution in [0.1, 0.15) is 10.4 Å². The number of carbonyl (C=O) groups is 1. The molecule has 12 heteroatoms. The number of rotatable bonds is 5. The molecular formula is C22H25B3N8O. The van der Waals surface area contributed by atoms with Crippen LogP contribution in [0.2, 0.25) is 0 Å². The Balaban J connectivity index is 1.31. The summed E-state index contributed by atoms with van der Waals surface area (Å²) in [5.74, 6) is 1.07. The first-order chi connectivity index (χ1) is 16.4. The highest BCUT2D eigenvalue weighted by Crippen LogP contribution is 2.23. The average molecular weight is 450 g/mol. The largest absolute Gasteiger partial charge is 0.354 e. The summed E-state index contributed by atoms with van der Waals surface area (Å²) in [4.78, 5) is 31.0. The van der Waals surface area contributed by atoms with E-state index in [1.54, 1.807) is 30.9 Å². The van der Waals surface area contributed by atoms with Crippen molar-refractivity contribution in [3.63, 3.8) is 0 Å². The number of H-pyrrole nitrogens is 1. The molecule has 168 valence electrons. The Morgan fingerprint density at radius 2 is 1.79 bits per heavy atom. The molecule has 1 fully saturated rings. The first-order valence-corrected chi connectivity index (χ1v) is 11.4. The van der Waals surface area contributed by atoms with Crippen LogP contribution >= 0.6 is 0 Å². The van der Waals surface area contributed by atoms with E-state index in [4.69, 9.17) is 0 Å².